The summed E-state index contributed by atoms with van der Waals surface area (Å²) < 4.78 is 7.77. The summed E-state index contributed by atoms with van der Waals surface area (Å²) in [5.41, 5.74) is 3.26. The van der Waals surface area contributed by atoms with E-state index in [1.54, 1.807) is 12.4 Å². The third kappa shape index (κ3) is 4.35. The van der Waals surface area contributed by atoms with Gasteiger partial charge in [-0.05, 0) is 37.3 Å². The Morgan fingerprint density at radius 2 is 1.85 bits per heavy atom. The van der Waals surface area contributed by atoms with Gasteiger partial charge in [0.05, 0.1) is 5.69 Å². The Morgan fingerprint density at radius 1 is 1.03 bits per heavy atom. The second-order valence-corrected chi connectivity index (χ2v) is 8.95. The molecule has 0 spiro atoms. The molecule has 174 valence electrons. The SMILES string of the molecule is CC(C)C(NC(=O)c1nc(-c2ccccc2)n2c1CCCCC2)c1nc(-c2cccnc2)no1. The highest BCUT2D eigenvalue weighted by Crippen LogP contribution is 2.29. The van der Waals surface area contributed by atoms with Crippen molar-refractivity contribution in [2.24, 2.45) is 5.92 Å². The standard InChI is InChI=1S/C26H28N6O2/c1-17(2)21(26-30-23(31-34-26)19-12-9-14-27-16-19)29-25(33)22-20-13-7-4-8-15-32(20)24(28-22)18-10-5-3-6-11-18/h3,5-6,9-12,14,16-17,21H,4,7-8,13,15H2,1-2H3,(H,29,33). The fraction of sp³-hybridized carbons (Fsp3) is 0.346. The van der Waals surface area contributed by atoms with Crippen molar-refractivity contribution in [3.05, 3.63) is 72.1 Å². The van der Waals surface area contributed by atoms with Gasteiger partial charge in [-0.25, -0.2) is 4.98 Å². The zero-order valence-corrected chi connectivity index (χ0v) is 19.4. The predicted molar refractivity (Wildman–Crippen MR) is 128 cm³/mol. The van der Waals surface area contributed by atoms with Crippen molar-refractivity contribution in [1.82, 2.24) is 30.0 Å². The maximum atomic E-state index is 13.6. The van der Waals surface area contributed by atoms with Crippen LogP contribution in [0.3, 0.4) is 0 Å². The molecule has 1 unspecified atom stereocenters. The first kappa shape index (κ1) is 22.0. The van der Waals surface area contributed by atoms with Crippen LogP contribution < -0.4 is 5.32 Å². The van der Waals surface area contributed by atoms with E-state index in [4.69, 9.17) is 9.51 Å². The van der Waals surface area contributed by atoms with Crippen LogP contribution in [0.5, 0.6) is 0 Å². The molecule has 0 radical (unpaired) electrons. The number of benzene rings is 1. The minimum atomic E-state index is -0.436. The Morgan fingerprint density at radius 3 is 2.62 bits per heavy atom. The van der Waals surface area contributed by atoms with Crippen LogP contribution in [-0.2, 0) is 13.0 Å². The molecule has 34 heavy (non-hydrogen) atoms. The number of fused-ring (bicyclic) bond motifs is 1. The fourth-order valence-corrected chi connectivity index (χ4v) is 4.41. The monoisotopic (exact) mass is 456 g/mol. The highest BCUT2D eigenvalue weighted by Gasteiger charge is 2.29. The topological polar surface area (TPSA) is 98.7 Å². The molecule has 0 bridgehead atoms. The van der Waals surface area contributed by atoms with E-state index < -0.39 is 6.04 Å². The van der Waals surface area contributed by atoms with Crippen LogP contribution in [0.25, 0.3) is 22.8 Å². The largest absolute Gasteiger partial charge is 0.339 e. The van der Waals surface area contributed by atoms with Crippen molar-refractivity contribution in [2.45, 2.75) is 52.1 Å². The van der Waals surface area contributed by atoms with Crippen LogP contribution in [-0.4, -0.2) is 30.6 Å². The quantitative estimate of drug-likeness (QED) is 0.445. The summed E-state index contributed by atoms with van der Waals surface area (Å²) in [6.45, 7) is 4.90. The molecule has 3 aromatic heterocycles. The molecule has 1 N–H and O–H groups in total. The third-order valence-corrected chi connectivity index (χ3v) is 6.20. The zero-order chi connectivity index (χ0) is 23.5. The molecule has 8 nitrogen and oxygen atoms in total. The normalized spacial score (nSPS) is 14.4. The van der Waals surface area contributed by atoms with E-state index in [-0.39, 0.29) is 11.8 Å². The van der Waals surface area contributed by atoms with Crippen molar-refractivity contribution in [2.75, 3.05) is 0 Å². The van der Waals surface area contributed by atoms with E-state index in [1.165, 1.54) is 0 Å². The van der Waals surface area contributed by atoms with Gasteiger partial charge < -0.3 is 14.4 Å². The summed E-state index contributed by atoms with van der Waals surface area (Å²) in [7, 11) is 0. The summed E-state index contributed by atoms with van der Waals surface area (Å²) in [5.74, 6) is 1.50. The molecule has 0 fully saturated rings. The van der Waals surface area contributed by atoms with Gasteiger partial charge in [0.1, 0.15) is 17.6 Å². The molecule has 1 amide bonds. The molecule has 0 saturated heterocycles. The lowest BCUT2D eigenvalue weighted by Gasteiger charge is -2.18. The van der Waals surface area contributed by atoms with E-state index in [0.29, 0.717) is 17.4 Å². The molecule has 1 aliphatic heterocycles. The predicted octanol–water partition coefficient (Wildman–Crippen LogP) is 4.85. The van der Waals surface area contributed by atoms with Gasteiger partial charge in [-0.2, -0.15) is 4.98 Å². The summed E-state index contributed by atoms with van der Waals surface area (Å²) in [6, 6.07) is 13.3. The zero-order valence-electron chi connectivity index (χ0n) is 19.4. The molecule has 1 aliphatic rings. The highest BCUT2D eigenvalue weighted by atomic mass is 16.5. The third-order valence-electron chi connectivity index (χ3n) is 6.20. The Balaban J connectivity index is 1.46. The summed E-state index contributed by atoms with van der Waals surface area (Å²) >= 11 is 0. The van der Waals surface area contributed by atoms with Crippen LogP contribution in [0.4, 0.5) is 0 Å². The smallest absolute Gasteiger partial charge is 0.272 e. The van der Waals surface area contributed by atoms with Gasteiger partial charge in [0.15, 0.2) is 0 Å². The molecule has 1 atom stereocenters. The lowest BCUT2D eigenvalue weighted by Crippen LogP contribution is -2.33. The molecular weight excluding hydrogens is 428 g/mol. The van der Waals surface area contributed by atoms with Crippen molar-refractivity contribution < 1.29 is 9.32 Å². The minimum Gasteiger partial charge on any atom is -0.339 e. The number of hydrogen-bond donors (Lipinski definition) is 1. The van der Waals surface area contributed by atoms with Gasteiger partial charge >= 0.3 is 0 Å². The van der Waals surface area contributed by atoms with E-state index in [0.717, 1.165) is 54.9 Å². The van der Waals surface area contributed by atoms with Gasteiger partial charge in [0.25, 0.3) is 5.91 Å². The molecule has 8 heteroatoms. The van der Waals surface area contributed by atoms with Crippen LogP contribution in [0.2, 0.25) is 0 Å². The summed E-state index contributed by atoms with van der Waals surface area (Å²) in [4.78, 5) is 27.0. The maximum Gasteiger partial charge on any atom is 0.272 e. The number of pyridine rings is 1. The molecule has 4 heterocycles. The number of amides is 1. The van der Waals surface area contributed by atoms with Gasteiger partial charge in [0, 0.05) is 30.1 Å². The van der Waals surface area contributed by atoms with Gasteiger partial charge in [-0.1, -0.05) is 55.8 Å². The Hall–Kier alpha value is -3.81. The molecule has 0 saturated carbocycles. The van der Waals surface area contributed by atoms with Gasteiger partial charge in [-0.3, -0.25) is 9.78 Å². The average molecular weight is 457 g/mol. The van der Waals surface area contributed by atoms with Crippen molar-refractivity contribution in [3.63, 3.8) is 0 Å². The lowest BCUT2D eigenvalue weighted by atomic mass is 10.0. The Kier molecular flexibility index (Phi) is 6.20. The first-order valence-electron chi connectivity index (χ1n) is 11.8. The minimum absolute atomic E-state index is 0.0426. The molecule has 4 aromatic rings. The number of aromatic nitrogens is 5. The number of hydrogen-bond acceptors (Lipinski definition) is 6. The number of imidazole rings is 1. The first-order chi connectivity index (χ1) is 16.6. The molecule has 5 rings (SSSR count). The molecular formula is C26H28N6O2. The number of carbonyl (C=O) groups is 1. The van der Waals surface area contributed by atoms with Gasteiger partial charge in [-0.15, -0.1) is 0 Å². The van der Waals surface area contributed by atoms with Crippen molar-refractivity contribution in [3.8, 4) is 22.8 Å². The number of nitrogens with one attached hydrogen (secondary N) is 1. The number of rotatable bonds is 6. The fourth-order valence-electron chi connectivity index (χ4n) is 4.41. The van der Waals surface area contributed by atoms with Crippen molar-refractivity contribution in [1.29, 1.82) is 0 Å². The van der Waals surface area contributed by atoms with Crippen LogP contribution in [0.15, 0.2) is 59.4 Å². The van der Waals surface area contributed by atoms with Crippen LogP contribution >= 0.6 is 0 Å². The average Bonchev–Trinajstić information content (AvgIpc) is 3.42. The van der Waals surface area contributed by atoms with E-state index in [9.17, 15) is 4.79 Å². The second-order valence-electron chi connectivity index (χ2n) is 8.95. The highest BCUT2D eigenvalue weighted by molar-refractivity contribution is 5.94. The van der Waals surface area contributed by atoms with Crippen LogP contribution in [0.1, 0.15) is 61.2 Å². The van der Waals surface area contributed by atoms with E-state index in [1.807, 2.05) is 56.3 Å². The summed E-state index contributed by atoms with van der Waals surface area (Å²) in [5, 5.41) is 7.22. The Bertz CT molecular complexity index is 1260. The van der Waals surface area contributed by atoms with E-state index in [2.05, 4.69) is 25.0 Å². The number of carbonyl (C=O) groups excluding carboxylic acids is 1. The van der Waals surface area contributed by atoms with Gasteiger partial charge in [0.2, 0.25) is 11.7 Å². The molecule has 0 aliphatic carbocycles. The summed E-state index contributed by atoms with van der Waals surface area (Å²) in [6.07, 6.45) is 7.48. The van der Waals surface area contributed by atoms with Crippen LogP contribution in [0, 0.1) is 5.92 Å². The first-order valence-corrected chi connectivity index (χ1v) is 11.8. The lowest BCUT2D eigenvalue weighted by molar-refractivity contribution is 0.0908. The molecule has 1 aromatic carbocycles. The maximum absolute atomic E-state index is 13.6. The number of nitrogens with zero attached hydrogens (tertiary/aromatic N) is 5. The van der Waals surface area contributed by atoms with Crippen molar-refractivity contribution >= 4 is 5.91 Å². The second kappa shape index (κ2) is 9.59. The Labute approximate surface area is 198 Å². The van der Waals surface area contributed by atoms with E-state index >= 15 is 0 Å².